The number of phenolic OH excluding ortho intramolecular Hbond substituents is 1. The number of esters is 1. The zero-order valence-electron chi connectivity index (χ0n) is 43.4. The monoisotopic (exact) mass is 1150 g/mol. The molecule has 14 heteroatoms. The summed E-state index contributed by atoms with van der Waals surface area (Å²) in [6.45, 7) is 9.47. The van der Waals surface area contributed by atoms with Gasteiger partial charge in [-0.25, -0.2) is 4.79 Å². The summed E-state index contributed by atoms with van der Waals surface area (Å²) in [7, 11) is -1.96. The molecule has 0 aromatic heterocycles. The van der Waals surface area contributed by atoms with Crippen LogP contribution in [0.1, 0.15) is 97.8 Å². The number of aromatic hydroxyl groups is 1. The number of amides is 2. The second kappa shape index (κ2) is 22.2. The Morgan fingerprint density at radius 2 is 1.21 bits per heavy atom. The molecule has 7 aromatic carbocycles. The zero-order chi connectivity index (χ0) is 52.8. The van der Waals surface area contributed by atoms with Gasteiger partial charge in [-0.1, -0.05) is 103 Å². The van der Waals surface area contributed by atoms with Crippen LogP contribution in [0.4, 0.5) is 5.69 Å². The van der Waals surface area contributed by atoms with Crippen LogP contribution in [0, 0.1) is 0 Å². The van der Waals surface area contributed by atoms with Gasteiger partial charge in [0.05, 0.1) is 21.8 Å². The number of unbranched alkanes of at least 4 members (excludes halogenated alkanes) is 1. The van der Waals surface area contributed by atoms with Gasteiger partial charge in [0.1, 0.15) is 46.2 Å². The maximum Gasteiger partial charge on any atom is 0.340 e. The number of piperazine rings is 1. The summed E-state index contributed by atoms with van der Waals surface area (Å²) in [4.78, 5) is 47.7. The third-order valence-corrected chi connectivity index (χ3v) is 21.0. The molecule has 4 heterocycles. The number of benzene rings is 7. The normalized spacial score (nSPS) is 18.0. The number of hydrogen-bond donors (Lipinski definition) is 1. The minimum atomic E-state index is -1.96. The molecule has 0 bridgehead atoms. The lowest BCUT2D eigenvalue weighted by Crippen LogP contribution is -3.00. The molecule has 2 atom stereocenters. The summed E-state index contributed by atoms with van der Waals surface area (Å²) >= 11 is 12.5. The van der Waals surface area contributed by atoms with Crippen molar-refractivity contribution in [2.75, 3.05) is 43.8 Å². The van der Waals surface area contributed by atoms with E-state index in [0.29, 0.717) is 86.1 Å². The Bertz CT molecular complexity index is 3220. The summed E-state index contributed by atoms with van der Waals surface area (Å²) in [5.74, 6) is 1.49. The van der Waals surface area contributed by atoms with Gasteiger partial charge in [-0.3, -0.25) is 9.59 Å². The van der Waals surface area contributed by atoms with Gasteiger partial charge in [0.15, 0.2) is 11.4 Å². The van der Waals surface area contributed by atoms with E-state index in [1.54, 1.807) is 18.2 Å². The lowest BCUT2D eigenvalue weighted by Gasteiger charge is -2.49. The summed E-state index contributed by atoms with van der Waals surface area (Å²) < 4.78 is 19.6. The molecular formula is C63H61BrCl2N3O7P. The van der Waals surface area contributed by atoms with Crippen LogP contribution in [0.15, 0.2) is 158 Å². The van der Waals surface area contributed by atoms with E-state index in [0.717, 1.165) is 47.8 Å². The highest BCUT2D eigenvalue weighted by atomic mass is 79.9. The van der Waals surface area contributed by atoms with Crippen molar-refractivity contribution in [3.8, 4) is 28.7 Å². The Kier molecular flexibility index (Phi) is 15.6. The number of nitrogens with zero attached hydrogens (tertiary/aromatic N) is 3. The first kappa shape index (κ1) is 54.0. The van der Waals surface area contributed by atoms with Gasteiger partial charge in [0.2, 0.25) is 11.8 Å². The average Bonchev–Trinajstić information content (AvgIpc) is 3.74. The molecule has 4 aliphatic rings. The van der Waals surface area contributed by atoms with Crippen LogP contribution in [0.2, 0.25) is 10.0 Å². The first-order chi connectivity index (χ1) is 36.8. The van der Waals surface area contributed by atoms with E-state index < -0.39 is 18.8 Å². The lowest BCUT2D eigenvalue weighted by molar-refractivity contribution is -0.139. The van der Waals surface area contributed by atoms with Gasteiger partial charge < -0.3 is 51.0 Å². The maximum absolute atomic E-state index is 13.9. The van der Waals surface area contributed by atoms with Crippen LogP contribution < -0.4 is 47.3 Å². The molecule has 1 N–H and O–H groups in total. The molecule has 0 radical (unpaired) electrons. The van der Waals surface area contributed by atoms with Crippen LogP contribution in [0.3, 0.4) is 0 Å². The number of ether oxygens (including phenoxy) is 3. The topological polar surface area (TPSA) is 109 Å². The van der Waals surface area contributed by atoms with E-state index >= 15 is 0 Å². The first-order valence-electron chi connectivity index (χ1n) is 26.3. The Morgan fingerprint density at radius 1 is 0.662 bits per heavy atom. The molecule has 4 aliphatic heterocycles. The minimum absolute atomic E-state index is 0. The van der Waals surface area contributed by atoms with Crippen LogP contribution in [0.25, 0.3) is 0 Å². The summed E-state index contributed by atoms with van der Waals surface area (Å²) in [6.07, 6.45) is 5.07. The molecule has 77 heavy (non-hydrogen) atoms. The molecule has 2 amide bonds. The Balaban J connectivity index is 0.00000672. The van der Waals surface area contributed by atoms with Crippen molar-refractivity contribution in [3.63, 3.8) is 0 Å². The third kappa shape index (κ3) is 10.1. The average molecular weight is 1150 g/mol. The van der Waals surface area contributed by atoms with Crippen LogP contribution >= 0.6 is 30.5 Å². The van der Waals surface area contributed by atoms with Gasteiger partial charge in [0, 0.05) is 97.7 Å². The zero-order valence-corrected chi connectivity index (χ0v) is 47.4. The SMILES string of the molecule is CC1CC(C)(C)N(CCCC(=O)N2CCN(C(=O)CCCC[P+](c3ccccc3)(c3ccccc3)c3ccccc3)CC2)c2cc3c(cc21)C1(OC(=O)c2ccccc21)c1ccc(Oc2cc(Cl)c(O)c(Cl)c2)cc1O3.[Br-]. The fraction of sp³-hybridized carbons (Fsp3) is 0.286. The summed E-state index contributed by atoms with van der Waals surface area (Å²) in [6, 6.07) is 52.7. The number of hydrogen-bond acceptors (Lipinski definition) is 8. The molecule has 1 fully saturated rings. The number of fused-ring (bicyclic) bond motifs is 7. The van der Waals surface area contributed by atoms with Crippen molar-refractivity contribution in [3.05, 3.63) is 196 Å². The quantitative estimate of drug-likeness (QED) is 0.0652. The molecular weight excluding hydrogens is 1090 g/mol. The second-order valence-corrected chi connectivity index (χ2v) is 25.5. The molecule has 7 aromatic rings. The van der Waals surface area contributed by atoms with Crippen LogP contribution in [0.5, 0.6) is 28.7 Å². The van der Waals surface area contributed by atoms with Gasteiger partial charge in [-0.15, -0.1) is 0 Å². The number of anilines is 1. The van der Waals surface area contributed by atoms with Crippen molar-refractivity contribution < 1.29 is 50.7 Å². The highest BCUT2D eigenvalue weighted by Crippen LogP contribution is 2.60. The number of rotatable bonds is 14. The molecule has 2 unspecified atom stereocenters. The van der Waals surface area contributed by atoms with Gasteiger partial charge in [-0.05, 0) is 112 Å². The first-order valence-corrected chi connectivity index (χ1v) is 29.1. The summed E-state index contributed by atoms with van der Waals surface area (Å²) in [5, 5.41) is 14.3. The van der Waals surface area contributed by atoms with E-state index in [4.69, 9.17) is 37.4 Å². The van der Waals surface area contributed by atoms with Crippen LogP contribution in [-0.4, -0.2) is 77.1 Å². The standard InChI is InChI=1S/C63H60Cl2N3O7P.BrH/c1-42-41-62(2,3)68(30-17-27-59(70)67-33-31-66(32-34-67)58(69)26-15-16-35-76(45-18-7-4-8-19-45,46-20-9-5-10-21-46)47-22-11-6-12-23-47)55-40-57-52(39-49(42)55)63(50-25-14-13-24-48(50)61(72)75-63)51-29-28-43(38-56(51)74-57)73-44-36-53(64)60(71)54(65)37-44;/h4-14,18-25,28-29,36-40,42H,15-17,26-27,30-35,41H2,1-3H3;1H. The predicted octanol–water partition coefficient (Wildman–Crippen LogP) is 9.77. The number of carbonyl (C=O) groups is 3. The predicted molar refractivity (Wildman–Crippen MR) is 304 cm³/mol. The van der Waals surface area contributed by atoms with Gasteiger partial charge in [0.25, 0.3) is 0 Å². The third-order valence-electron chi connectivity index (χ3n) is 15.9. The van der Waals surface area contributed by atoms with Gasteiger partial charge in [-0.2, -0.15) is 0 Å². The number of halogens is 3. The highest BCUT2D eigenvalue weighted by molar-refractivity contribution is 7.95. The molecule has 0 aliphatic carbocycles. The molecule has 396 valence electrons. The Labute approximate surface area is 472 Å². The van der Waals surface area contributed by atoms with E-state index in [1.165, 1.54) is 28.0 Å². The fourth-order valence-electron chi connectivity index (χ4n) is 12.3. The van der Waals surface area contributed by atoms with Crippen molar-refractivity contribution in [2.24, 2.45) is 0 Å². The summed E-state index contributed by atoms with van der Waals surface area (Å²) in [5.41, 5.74) is 3.17. The van der Waals surface area contributed by atoms with Crippen LogP contribution in [-0.2, 0) is 19.9 Å². The van der Waals surface area contributed by atoms with Gasteiger partial charge >= 0.3 is 5.97 Å². The van der Waals surface area contributed by atoms with E-state index in [1.807, 2.05) is 34.1 Å². The second-order valence-electron chi connectivity index (χ2n) is 21.1. The van der Waals surface area contributed by atoms with E-state index in [9.17, 15) is 19.5 Å². The van der Waals surface area contributed by atoms with Crippen molar-refractivity contribution in [1.29, 1.82) is 0 Å². The van der Waals surface area contributed by atoms with Crippen molar-refractivity contribution in [1.82, 2.24) is 9.80 Å². The molecule has 10 nitrogen and oxygen atoms in total. The molecule has 0 saturated carbocycles. The highest BCUT2D eigenvalue weighted by Gasteiger charge is 2.54. The van der Waals surface area contributed by atoms with E-state index in [2.05, 4.69) is 129 Å². The van der Waals surface area contributed by atoms with Crippen molar-refractivity contribution in [2.45, 2.75) is 76.4 Å². The number of carbonyl (C=O) groups excluding carboxylic acids is 3. The fourth-order valence-corrected chi connectivity index (χ4v) is 17.1. The van der Waals surface area contributed by atoms with Crippen molar-refractivity contribution >= 4 is 69.8 Å². The smallest absolute Gasteiger partial charge is 0.340 e. The molecule has 11 rings (SSSR count). The molecule has 1 spiro atoms. The maximum atomic E-state index is 13.9. The molecule has 1 saturated heterocycles. The lowest BCUT2D eigenvalue weighted by atomic mass is 9.74. The van der Waals surface area contributed by atoms with E-state index in [-0.39, 0.29) is 56.0 Å². The minimum Gasteiger partial charge on any atom is -1.00 e. The Hall–Kier alpha value is -6.36. The largest absolute Gasteiger partial charge is 1.00 e. The number of phenols is 1. The Morgan fingerprint density at radius 3 is 1.81 bits per heavy atom.